The van der Waals surface area contributed by atoms with Crippen molar-refractivity contribution in [3.8, 4) is 17.4 Å². The molecule has 0 spiro atoms. The molecule has 0 unspecified atom stereocenters. The molecule has 1 fully saturated rings. The number of benzene rings is 2. The fourth-order valence-corrected chi connectivity index (χ4v) is 3.87. The van der Waals surface area contributed by atoms with E-state index in [4.69, 9.17) is 16.0 Å². The highest BCUT2D eigenvalue weighted by Crippen LogP contribution is 2.29. The van der Waals surface area contributed by atoms with Gasteiger partial charge in [-0.05, 0) is 48.9 Å². The summed E-state index contributed by atoms with van der Waals surface area (Å²) in [6, 6.07) is 21.3. The van der Waals surface area contributed by atoms with Gasteiger partial charge in [0.25, 0.3) is 5.91 Å². The molecule has 1 aliphatic heterocycles. The maximum Gasteiger partial charge on any atom is 0.264 e. The molecule has 31 heavy (non-hydrogen) atoms. The molecule has 3 aromatic rings. The zero-order valence-corrected chi connectivity index (χ0v) is 18.0. The molecule has 1 aromatic heterocycles. The van der Waals surface area contributed by atoms with Crippen molar-refractivity contribution in [3.63, 3.8) is 0 Å². The number of amides is 1. The van der Waals surface area contributed by atoms with Crippen molar-refractivity contribution in [1.29, 1.82) is 5.26 Å². The van der Waals surface area contributed by atoms with E-state index in [1.165, 1.54) is 6.08 Å². The monoisotopic (exact) mass is 431 g/mol. The van der Waals surface area contributed by atoms with Crippen LogP contribution in [-0.2, 0) is 4.79 Å². The van der Waals surface area contributed by atoms with Crippen LogP contribution in [0.3, 0.4) is 0 Å². The summed E-state index contributed by atoms with van der Waals surface area (Å²) in [6.07, 6.45) is 1.51. The van der Waals surface area contributed by atoms with Gasteiger partial charge in [-0.15, -0.1) is 0 Å². The fraction of sp³-hybridized carbons (Fsp3) is 0.200. The standard InChI is InChI=1S/C25H22ClN3O2/c1-18-7-8-20(26)16-23(18)24-10-9-22(31-24)15-19(17-27)25(30)29-13-11-28(12-14-29)21-5-3-2-4-6-21/h2-10,15-16H,11-14H2,1H3/b19-15-. The molecule has 0 bridgehead atoms. The molecule has 2 heterocycles. The summed E-state index contributed by atoms with van der Waals surface area (Å²) < 4.78 is 5.89. The number of nitriles is 1. The Bertz CT molecular complexity index is 1150. The Kier molecular flexibility index (Phi) is 6.11. The van der Waals surface area contributed by atoms with Crippen molar-refractivity contribution in [3.05, 3.63) is 82.6 Å². The number of hydrogen-bond donors (Lipinski definition) is 0. The van der Waals surface area contributed by atoms with Crippen LogP contribution < -0.4 is 4.90 Å². The van der Waals surface area contributed by atoms with Crippen LogP contribution in [0.4, 0.5) is 5.69 Å². The Morgan fingerprint density at radius 1 is 1.06 bits per heavy atom. The topological polar surface area (TPSA) is 60.5 Å². The lowest BCUT2D eigenvalue weighted by molar-refractivity contribution is -0.126. The van der Waals surface area contributed by atoms with Gasteiger partial charge in [0.1, 0.15) is 23.2 Å². The fourth-order valence-electron chi connectivity index (χ4n) is 3.70. The van der Waals surface area contributed by atoms with E-state index in [2.05, 4.69) is 17.0 Å². The summed E-state index contributed by atoms with van der Waals surface area (Å²) in [7, 11) is 0. The maximum absolute atomic E-state index is 12.9. The second-order valence-electron chi connectivity index (χ2n) is 7.45. The zero-order valence-electron chi connectivity index (χ0n) is 17.2. The van der Waals surface area contributed by atoms with Crippen molar-refractivity contribution in [2.75, 3.05) is 31.1 Å². The number of carbonyl (C=O) groups is 1. The quantitative estimate of drug-likeness (QED) is 0.422. The number of halogens is 1. The van der Waals surface area contributed by atoms with Crippen molar-refractivity contribution < 1.29 is 9.21 Å². The van der Waals surface area contributed by atoms with E-state index < -0.39 is 0 Å². The Balaban J connectivity index is 1.47. The van der Waals surface area contributed by atoms with Gasteiger partial charge in [-0.2, -0.15) is 5.26 Å². The lowest BCUT2D eigenvalue weighted by atomic mass is 10.1. The van der Waals surface area contributed by atoms with Crippen molar-refractivity contribution in [1.82, 2.24) is 4.90 Å². The van der Waals surface area contributed by atoms with Gasteiger partial charge in [-0.1, -0.05) is 35.9 Å². The van der Waals surface area contributed by atoms with E-state index in [1.54, 1.807) is 11.0 Å². The van der Waals surface area contributed by atoms with Crippen molar-refractivity contribution >= 4 is 29.3 Å². The lowest BCUT2D eigenvalue weighted by Gasteiger charge is -2.36. The first-order valence-electron chi connectivity index (χ1n) is 10.1. The predicted molar refractivity (Wildman–Crippen MR) is 123 cm³/mol. The van der Waals surface area contributed by atoms with Gasteiger partial charge in [0, 0.05) is 48.5 Å². The summed E-state index contributed by atoms with van der Waals surface area (Å²) in [6.45, 7) is 4.57. The van der Waals surface area contributed by atoms with E-state index in [9.17, 15) is 10.1 Å². The molecular weight excluding hydrogens is 410 g/mol. The summed E-state index contributed by atoms with van der Waals surface area (Å²) in [5.41, 5.74) is 3.12. The highest BCUT2D eigenvalue weighted by atomic mass is 35.5. The van der Waals surface area contributed by atoms with Crippen LogP contribution >= 0.6 is 11.6 Å². The number of anilines is 1. The van der Waals surface area contributed by atoms with Crippen LogP contribution in [0.25, 0.3) is 17.4 Å². The Hall–Kier alpha value is -3.49. The molecule has 1 aliphatic rings. The largest absolute Gasteiger partial charge is 0.457 e. The van der Waals surface area contributed by atoms with Gasteiger partial charge in [0.05, 0.1) is 0 Å². The Morgan fingerprint density at radius 3 is 2.52 bits per heavy atom. The SMILES string of the molecule is Cc1ccc(Cl)cc1-c1ccc(/C=C(/C#N)C(=O)N2CCN(c3ccccc3)CC2)o1. The van der Waals surface area contributed by atoms with E-state index in [0.29, 0.717) is 29.6 Å². The van der Waals surface area contributed by atoms with Crippen LogP contribution in [0, 0.1) is 18.3 Å². The molecule has 0 saturated carbocycles. The van der Waals surface area contributed by atoms with E-state index in [1.807, 2.05) is 55.5 Å². The first-order valence-corrected chi connectivity index (χ1v) is 10.5. The zero-order chi connectivity index (χ0) is 21.8. The van der Waals surface area contributed by atoms with Crippen molar-refractivity contribution in [2.24, 2.45) is 0 Å². The van der Waals surface area contributed by atoms with E-state index >= 15 is 0 Å². The predicted octanol–water partition coefficient (Wildman–Crippen LogP) is 5.16. The number of nitrogens with zero attached hydrogens (tertiary/aromatic N) is 3. The molecule has 1 saturated heterocycles. The van der Waals surface area contributed by atoms with E-state index in [-0.39, 0.29) is 11.5 Å². The summed E-state index contributed by atoms with van der Waals surface area (Å²) in [5.74, 6) is 0.835. The number of rotatable bonds is 4. The molecule has 6 heteroatoms. The molecule has 156 valence electrons. The summed E-state index contributed by atoms with van der Waals surface area (Å²) in [5, 5.41) is 10.2. The summed E-state index contributed by atoms with van der Waals surface area (Å²) >= 11 is 6.11. The molecule has 0 N–H and O–H groups in total. The number of hydrogen-bond acceptors (Lipinski definition) is 4. The van der Waals surface area contributed by atoms with Crippen molar-refractivity contribution in [2.45, 2.75) is 6.92 Å². The van der Waals surface area contributed by atoms with Gasteiger partial charge in [-0.3, -0.25) is 4.79 Å². The van der Waals surface area contributed by atoms with Gasteiger partial charge in [-0.25, -0.2) is 0 Å². The highest BCUT2D eigenvalue weighted by Gasteiger charge is 2.24. The van der Waals surface area contributed by atoms with Crippen LogP contribution in [0.15, 0.2) is 70.7 Å². The molecule has 0 atom stereocenters. The maximum atomic E-state index is 12.9. The second-order valence-corrected chi connectivity index (χ2v) is 7.88. The van der Waals surface area contributed by atoms with Gasteiger partial charge in [0.2, 0.25) is 0 Å². The number of aryl methyl sites for hydroxylation is 1. The van der Waals surface area contributed by atoms with Crippen LogP contribution in [-0.4, -0.2) is 37.0 Å². The normalized spacial score (nSPS) is 14.4. The minimum absolute atomic E-state index is 0.0666. The van der Waals surface area contributed by atoms with Gasteiger partial charge < -0.3 is 14.2 Å². The number of para-hydroxylation sites is 1. The first kappa shape index (κ1) is 20.8. The average Bonchev–Trinajstić information content (AvgIpc) is 3.27. The Labute approximate surface area is 186 Å². The third kappa shape index (κ3) is 4.65. The molecule has 0 aliphatic carbocycles. The lowest BCUT2D eigenvalue weighted by Crippen LogP contribution is -2.49. The minimum Gasteiger partial charge on any atom is -0.457 e. The summed E-state index contributed by atoms with van der Waals surface area (Å²) in [4.78, 5) is 16.9. The smallest absolute Gasteiger partial charge is 0.264 e. The molecule has 5 nitrogen and oxygen atoms in total. The molecule has 2 aromatic carbocycles. The average molecular weight is 432 g/mol. The molecule has 1 amide bonds. The molecule has 4 rings (SSSR count). The third-order valence-electron chi connectivity index (χ3n) is 5.42. The van der Waals surface area contributed by atoms with Crippen LogP contribution in [0.2, 0.25) is 5.02 Å². The number of furan rings is 1. The minimum atomic E-state index is -0.271. The Morgan fingerprint density at radius 2 is 1.81 bits per heavy atom. The highest BCUT2D eigenvalue weighted by molar-refractivity contribution is 6.30. The van der Waals surface area contributed by atoms with Gasteiger partial charge in [0.15, 0.2) is 0 Å². The van der Waals surface area contributed by atoms with Crippen LogP contribution in [0.5, 0.6) is 0 Å². The van der Waals surface area contributed by atoms with Crippen LogP contribution in [0.1, 0.15) is 11.3 Å². The first-order chi connectivity index (χ1) is 15.0. The molecular formula is C25H22ClN3O2. The second kappa shape index (κ2) is 9.11. The molecule has 0 radical (unpaired) electrons. The van der Waals surface area contributed by atoms with Gasteiger partial charge >= 0.3 is 0 Å². The number of piperazine rings is 1. The van der Waals surface area contributed by atoms with E-state index in [0.717, 1.165) is 29.9 Å². The third-order valence-corrected chi connectivity index (χ3v) is 5.65. The number of carbonyl (C=O) groups excluding carboxylic acids is 1.